The average Bonchev–Trinajstić information content (AvgIpc) is 3.46. The van der Waals surface area contributed by atoms with Gasteiger partial charge in [-0.15, -0.1) is 0 Å². The smallest absolute Gasteiger partial charge is 0.0542 e. The molecule has 0 atom stereocenters. The molecule has 0 fully saturated rings. The van der Waals surface area contributed by atoms with Crippen LogP contribution < -0.4 is 4.90 Å². The van der Waals surface area contributed by atoms with Crippen molar-refractivity contribution >= 4 is 60.4 Å². The van der Waals surface area contributed by atoms with Crippen molar-refractivity contribution < 1.29 is 0 Å². The van der Waals surface area contributed by atoms with Crippen LogP contribution in [0.3, 0.4) is 0 Å². The van der Waals surface area contributed by atoms with Crippen molar-refractivity contribution in [1.82, 2.24) is 4.57 Å². The first-order valence-electron chi connectivity index (χ1n) is 15.8. The summed E-state index contributed by atoms with van der Waals surface area (Å²) in [5.41, 5.74) is 9.35. The molecule has 1 heterocycles. The predicted octanol–water partition coefficient (Wildman–Crippen LogP) is 12.2. The molecule has 0 bridgehead atoms. The normalized spacial score (nSPS) is 11.5. The van der Waals surface area contributed by atoms with Crippen LogP contribution in [0.2, 0.25) is 0 Å². The van der Waals surface area contributed by atoms with E-state index in [1.165, 1.54) is 54.5 Å². The Labute approximate surface area is 268 Å². The van der Waals surface area contributed by atoms with Crippen molar-refractivity contribution in [2.75, 3.05) is 4.90 Å². The summed E-state index contributed by atoms with van der Waals surface area (Å²) in [5.74, 6) is 0. The van der Waals surface area contributed by atoms with Crippen molar-refractivity contribution in [2.24, 2.45) is 0 Å². The van der Waals surface area contributed by atoms with Gasteiger partial charge in [0.2, 0.25) is 0 Å². The van der Waals surface area contributed by atoms with Crippen LogP contribution in [-0.4, -0.2) is 4.57 Å². The second kappa shape index (κ2) is 10.8. The molecule has 0 saturated heterocycles. The van der Waals surface area contributed by atoms with Gasteiger partial charge in [0, 0.05) is 33.5 Å². The molecule has 8 aromatic carbocycles. The zero-order chi connectivity index (χ0) is 30.5. The molecule has 0 spiro atoms. The summed E-state index contributed by atoms with van der Waals surface area (Å²) in [6, 6.07) is 65.7. The Morgan fingerprint density at radius 3 is 1.63 bits per heavy atom. The van der Waals surface area contributed by atoms with Gasteiger partial charge in [-0.05, 0) is 93.3 Å². The van der Waals surface area contributed by atoms with Crippen LogP contribution in [0.1, 0.15) is 0 Å². The van der Waals surface area contributed by atoms with E-state index in [0.717, 1.165) is 22.7 Å². The molecule has 0 aliphatic carbocycles. The molecule has 0 amide bonds. The Kier molecular flexibility index (Phi) is 6.17. The summed E-state index contributed by atoms with van der Waals surface area (Å²) in [5, 5.41) is 7.48. The highest BCUT2D eigenvalue weighted by Gasteiger charge is 2.18. The Bertz CT molecular complexity index is 2510. The van der Waals surface area contributed by atoms with Gasteiger partial charge in [0.25, 0.3) is 0 Å². The predicted molar refractivity (Wildman–Crippen MR) is 196 cm³/mol. The van der Waals surface area contributed by atoms with Crippen molar-refractivity contribution in [1.29, 1.82) is 0 Å². The van der Waals surface area contributed by atoms with Gasteiger partial charge in [-0.3, -0.25) is 0 Å². The minimum absolute atomic E-state index is 1.12. The molecule has 0 aliphatic rings. The molecule has 0 N–H and O–H groups in total. The maximum atomic E-state index is 2.39. The van der Waals surface area contributed by atoms with Crippen molar-refractivity contribution in [3.05, 3.63) is 182 Å². The Morgan fingerprint density at radius 2 is 0.848 bits per heavy atom. The van der Waals surface area contributed by atoms with E-state index in [-0.39, 0.29) is 0 Å². The molecule has 0 radical (unpaired) electrons. The lowest BCUT2D eigenvalue weighted by atomic mass is 10.0. The van der Waals surface area contributed by atoms with E-state index >= 15 is 0 Å². The number of rotatable bonds is 5. The molecular weight excluding hydrogens is 556 g/mol. The van der Waals surface area contributed by atoms with Crippen LogP contribution in [0, 0.1) is 0 Å². The Balaban J connectivity index is 1.27. The van der Waals surface area contributed by atoms with Gasteiger partial charge >= 0.3 is 0 Å². The quantitative estimate of drug-likeness (QED) is 0.182. The minimum Gasteiger partial charge on any atom is -0.310 e. The first-order chi connectivity index (χ1) is 22.8. The molecule has 0 unspecified atom stereocenters. The number of fused-ring (bicyclic) bond motifs is 6. The first kappa shape index (κ1) is 26.3. The summed E-state index contributed by atoms with van der Waals surface area (Å²) in [6.45, 7) is 0. The minimum atomic E-state index is 1.12. The van der Waals surface area contributed by atoms with Crippen LogP contribution >= 0.6 is 0 Å². The summed E-state index contributed by atoms with van der Waals surface area (Å²) >= 11 is 0. The monoisotopic (exact) mass is 586 g/mol. The molecule has 46 heavy (non-hydrogen) atoms. The summed E-state index contributed by atoms with van der Waals surface area (Å²) in [4.78, 5) is 2.39. The van der Waals surface area contributed by atoms with Gasteiger partial charge in [0.05, 0.1) is 11.0 Å². The van der Waals surface area contributed by atoms with Gasteiger partial charge in [0.1, 0.15) is 0 Å². The van der Waals surface area contributed by atoms with E-state index < -0.39 is 0 Å². The van der Waals surface area contributed by atoms with E-state index in [0.29, 0.717) is 0 Å². The van der Waals surface area contributed by atoms with Crippen molar-refractivity contribution in [2.45, 2.75) is 0 Å². The Hall–Kier alpha value is -6.12. The van der Waals surface area contributed by atoms with E-state index in [9.17, 15) is 0 Å². The molecule has 2 nitrogen and oxygen atoms in total. The number of para-hydroxylation sites is 2. The van der Waals surface area contributed by atoms with E-state index in [1.54, 1.807) is 0 Å². The topological polar surface area (TPSA) is 8.17 Å². The lowest BCUT2D eigenvalue weighted by molar-refractivity contribution is 1.18. The molecule has 0 saturated carbocycles. The van der Waals surface area contributed by atoms with Crippen molar-refractivity contribution in [3.8, 4) is 16.8 Å². The number of hydrogen-bond acceptors (Lipinski definition) is 1. The molecule has 9 rings (SSSR count). The zero-order valence-corrected chi connectivity index (χ0v) is 25.2. The molecule has 9 aromatic rings. The lowest BCUT2D eigenvalue weighted by Crippen LogP contribution is -2.10. The summed E-state index contributed by atoms with van der Waals surface area (Å²) in [7, 11) is 0. The third-order valence-corrected chi connectivity index (χ3v) is 9.15. The second-order valence-corrected chi connectivity index (χ2v) is 11.8. The largest absolute Gasteiger partial charge is 0.310 e. The fourth-order valence-corrected chi connectivity index (χ4v) is 6.97. The van der Waals surface area contributed by atoms with Crippen LogP contribution in [0.4, 0.5) is 17.1 Å². The molecule has 2 heteroatoms. The maximum Gasteiger partial charge on any atom is 0.0542 e. The Morgan fingerprint density at radius 1 is 0.326 bits per heavy atom. The number of benzene rings is 8. The van der Waals surface area contributed by atoms with Crippen LogP contribution in [0.5, 0.6) is 0 Å². The SMILES string of the molecule is c1ccc(-c2ccc(N(c3ccc4ccc5ccccc5c4c3)c3ccc4c(c3)c3ccccc3n4-c3ccccc3)cc2)cc1. The standard InChI is InChI=1S/C44H30N2/c1-3-11-31(12-4-1)32-21-24-36(25-22-32)45(37-26-23-34-20-19-33-13-7-8-16-39(33)41(34)29-37)38-27-28-44-42(30-38)40-17-9-10-18-43(40)46(44)35-14-5-2-6-15-35/h1-30H. The number of aromatic nitrogens is 1. The van der Waals surface area contributed by atoms with E-state index in [4.69, 9.17) is 0 Å². The lowest BCUT2D eigenvalue weighted by Gasteiger charge is -2.26. The number of nitrogens with zero attached hydrogens (tertiary/aromatic N) is 2. The van der Waals surface area contributed by atoms with E-state index in [2.05, 4.69) is 191 Å². The number of anilines is 3. The fraction of sp³-hybridized carbons (Fsp3) is 0. The third-order valence-electron chi connectivity index (χ3n) is 9.15. The van der Waals surface area contributed by atoms with E-state index in [1.807, 2.05) is 0 Å². The van der Waals surface area contributed by atoms with Gasteiger partial charge in [-0.1, -0.05) is 121 Å². The van der Waals surface area contributed by atoms with Gasteiger partial charge in [-0.2, -0.15) is 0 Å². The van der Waals surface area contributed by atoms with Crippen LogP contribution in [0.25, 0.3) is 60.2 Å². The molecule has 1 aromatic heterocycles. The second-order valence-electron chi connectivity index (χ2n) is 11.8. The number of hydrogen-bond donors (Lipinski definition) is 0. The highest BCUT2D eigenvalue weighted by Crippen LogP contribution is 2.41. The molecular formula is C44H30N2. The highest BCUT2D eigenvalue weighted by molar-refractivity contribution is 6.11. The van der Waals surface area contributed by atoms with Gasteiger partial charge in [0.15, 0.2) is 0 Å². The summed E-state index contributed by atoms with van der Waals surface area (Å²) < 4.78 is 2.37. The third kappa shape index (κ3) is 4.35. The van der Waals surface area contributed by atoms with Gasteiger partial charge in [-0.25, -0.2) is 0 Å². The van der Waals surface area contributed by atoms with Crippen LogP contribution in [0.15, 0.2) is 182 Å². The average molecular weight is 587 g/mol. The zero-order valence-electron chi connectivity index (χ0n) is 25.2. The fourth-order valence-electron chi connectivity index (χ4n) is 6.97. The maximum absolute atomic E-state index is 2.39. The first-order valence-corrected chi connectivity index (χ1v) is 15.8. The van der Waals surface area contributed by atoms with Crippen molar-refractivity contribution in [3.63, 3.8) is 0 Å². The molecule has 216 valence electrons. The summed E-state index contributed by atoms with van der Waals surface area (Å²) in [6.07, 6.45) is 0. The molecule has 0 aliphatic heterocycles. The van der Waals surface area contributed by atoms with Crippen LogP contribution in [-0.2, 0) is 0 Å². The highest BCUT2D eigenvalue weighted by atomic mass is 15.1. The van der Waals surface area contributed by atoms with Gasteiger partial charge < -0.3 is 9.47 Å².